The lowest BCUT2D eigenvalue weighted by Crippen LogP contribution is -2.50. The lowest BCUT2D eigenvalue weighted by atomic mass is 10.0. The maximum absolute atomic E-state index is 13.0. The summed E-state index contributed by atoms with van der Waals surface area (Å²) in [5.41, 5.74) is 3.46. The van der Waals surface area contributed by atoms with E-state index in [1.807, 2.05) is 69.3 Å². The van der Waals surface area contributed by atoms with Crippen LogP contribution in [0.1, 0.15) is 41.9 Å². The summed E-state index contributed by atoms with van der Waals surface area (Å²) in [6.07, 6.45) is 1.42. The quantitative estimate of drug-likeness (QED) is 0.539. The summed E-state index contributed by atoms with van der Waals surface area (Å²) in [5.74, 6) is 0.434. The Balaban J connectivity index is 1.53. The molecule has 168 valence electrons. The molecule has 1 atom stereocenters. The van der Waals surface area contributed by atoms with Crippen molar-refractivity contribution in [3.8, 4) is 11.3 Å². The third kappa shape index (κ3) is 6.06. The second-order valence-corrected chi connectivity index (χ2v) is 8.47. The molecule has 0 aliphatic rings. The van der Waals surface area contributed by atoms with Gasteiger partial charge in [-0.3, -0.25) is 9.59 Å². The molecule has 1 aromatic heterocycles. The number of likely N-dealkylation sites (N-methyl/N-ethyl adjacent to an activating group) is 1. The van der Waals surface area contributed by atoms with Gasteiger partial charge in [0.2, 0.25) is 5.91 Å². The first-order chi connectivity index (χ1) is 15.3. The molecule has 0 aliphatic heterocycles. The Morgan fingerprint density at radius 2 is 1.75 bits per heavy atom. The van der Waals surface area contributed by atoms with Crippen LogP contribution >= 0.6 is 0 Å². The molecule has 0 aliphatic carbocycles. The second-order valence-electron chi connectivity index (χ2n) is 8.47. The van der Waals surface area contributed by atoms with Crippen LogP contribution in [-0.4, -0.2) is 41.5 Å². The van der Waals surface area contributed by atoms with Gasteiger partial charge in [-0.05, 0) is 31.4 Å². The third-order valence-electron chi connectivity index (χ3n) is 5.45. The maximum atomic E-state index is 13.0. The van der Waals surface area contributed by atoms with E-state index in [1.165, 1.54) is 0 Å². The van der Waals surface area contributed by atoms with Crippen molar-refractivity contribution >= 4 is 11.8 Å². The minimum atomic E-state index is -0.580. The summed E-state index contributed by atoms with van der Waals surface area (Å²) >= 11 is 0. The van der Waals surface area contributed by atoms with Crippen molar-refractivity contribution in [2.75, 3.05) is 13.6 Å². The summed E-state index contributed by atoms with van der Waals surface area (Å²) in [5, 5.41) is 7.04. The number of carbonyl (C=O) groups excluding carboxylic acids is 2. The molecule has 1 heterocycles. The number of carbonyl (C=O) groups is 2. The van der Waals surface area contributed by atoms with Crippen LogP contribution in [0.4, 0.5) is 0 Å². The third-order valence-corrected chi connectivity index (χ3v) is 5.45. The van der Waals surface area contributed by atoms with E-state index in [-0.39, 0.29) is 17.7 Å². The minimum absolute atomic E-state index is 0.0259. The van der Waals surface area contributed by atoms with E-state index >= 15 is 0 Å². The van der Waals surface area contributed by atoms with Crippen molar-refractivity contribution in [2.45, 2.75) is 39.7 Å². The van der Waals surface area contributed by atoms with Gasteiger partial charge < -0.3 is 14.7 Å². The molecule has 32 heavy (non-hydrogen) atoms. The Kier molecular flexibility index (Phi) is 7.82. The molecule has 0 radical (unpaired) electrons. The lowest BCUT2D eigenvalue weighted by molar-refractivity contribution is -0.133. The largest absolute Gasteiger partial charge is 0.361 e. The van der Waals surface area contributed by atoms with Crippen LogP contribution in [0.2, 0.25) is 0 Å². The summed E-state index contributed by atoms with van der Waals surface area (Å²) in [6.45, 7) is 6.40. The van der Waals surface area contributed by atoms with Crippen molar-refractivity contribution < 1.29 is 14.1 Å². The summed E-state index contributed by atoms with van der Waals surface area (Å²) in [6, 6.07) is 18.6. The van der Waals surface area contributed by atoms with Crippen LogP contribution in [0.15, 0.2) is 65.2 Å². The van der Waals surface area contributed by atoms with E-state index in [0.717, 1.165) is 29.0 Å². The Labute approximate surface area is 189 Å². The van der Waals surface area contributed by atoms with E-state index in [1.54, 1.807) is 24.1 Å². The average Bonchev–Trinajstić information content (AvgIpc) is 3.26. The molecule has 6 heteroatoms. The molecule has 1 unspecified atom stereocenters. The van der Waals surface area contributed by atoms with Crippen molar-refractivity contribution in [1.82, 2.24) is 15.4 Å². The Hall–Kier alpha value is -3.41. The number of aromatic nitrogens is 1. The minimum Gasteiger partial charge on any atom is -0.361 e. The first-order valence-corrected chi connectivity index (χ1v) is 11.0. The van der Waals surface area contributed by atoms with Gasteiger partial charge in [0.1, 0.15) is 17.5 Å². The highest BCUT2D eigenvalue weighted by Gasteiger charge is 2.27. The molecule has 3 rings (SSSR count). The molecular formula is C26H31N3O3. The van der Waals surface area contributed by atoms with Crippen molar-refractivity contribution in [1.29, 1.82) is 0 Å². The molecule has 1 N–H and O–H groups in total. The van der Waals surface area contributed by atoms with Crippen LogP contribution < -0.4 is 5.32 Å². The van der Waals surface area contributed by atoms with Crippen molar-refractivity contribution in [2.24, 2.45) is 5.92 Å². The molecule has 3 aromatic rings. The second kappa shape index (κ2) is 10.8. The van der Waals surface area contributed by atoms with Crippen LogP contribution in [0.5, 0.6) is 0 Å². The monoisotopic (exact) mass is 433 g/mol. The number of rotatable bonds is 9. The van der Waals surface area contributed by atoms with Crippen LogP contribution in [0.3, 0.4) is 0 Å². The average molecular weight is 434 g/mol. The number of nitrogens with zero attached hydrogens (tertiary/aromatic N) is 2. The standard InChI is InChI=1S/C26H31N3O3/c1-18(2)24(27-25(30)21-14-12-19(3)13-15-21)26(31)29(4)16-8-11-22-17-23(28-32-22)20-9-6-5-7-10-20/h5-7,9-10,12-15,17-18,24H,8,11,16H2,1-4H3,(H,27,30). The predicted octanol–water partition coefficient (Wildman–Crippen LogP) is 4.50. The molecule has 0 spiro atoms. The van der Waals surface area contributed by atoms with E-state index in [4.69, 9.17) is 4.52 Å². The van der Waals surface area contributed by atoms with Gasteiger partial charge in [0.05, 0.1) is 0 Å². The number of aryl methyl sites for hydroxylation is 2. The zero-order valence-electron chi connectivity index (χ0n) is 19.2. The SMILES string of the molecule is Cc1ccc(C(=O)NC(C(=O)N(C)CCCc2cc(-c3ccccc3)no2)C(C)C)cc1. The van der Waals surface area contributed by atoms with Gasteiger partial charge in [-0.2, -0.15) is 0 Å². The van der Waals surface area contributed by atoms with Gasteiger partial charge in [-0.1, -0.05) is 67.0 Å². The van der Waals surface area contributed by atoms with E-state index < -0.39 is 6.04 Å². The molecule has 6 nitrogen and oxygen atoms in total. The van der Waals surface area contributed by atoms with Crippen molar-refractivity contribution in [3.05, 3.63) is 77.6 Å². The van der Waals surface area contributed by atoms with E-state index in [0.29, 0.717) is 18.5 Å². The topological polar surface area (TPSA) is 75.4 Å². The maximum Gasteiger partial charge on any atom is 0.251 e. The Morgan fingerprint density at radius 3 is 2.41 bits per heavy atom. The molecule has 0 saturated carbocycles. The molecule has 2 aromatic carbocycles. The normalized spacial score (nSPS) is 11.9. The number of hydrogen-bond acceptors (Lipinski definition) is 4. The van der Waals surface area contributed by atoms with Gasteiger partial charge in [0, 0.05) is 37.2 Å². The van der Waals surface area contributed by atoms with Crippen LogP contribution in [-0.2, 0) is 11.2 Å². The van der Waals surface area contributed by atoms with Crippen LogP contribution in [0, 0.1) is 12.8 Å². The Bertz CT molecular complexity index is 1030. The summed E-state index contributed by atoms with van der Waals surface area (Å²) < 4.78 is 5.45. The van der Waals surface area contributed by atoms with Crippen LogP contribution in [0.25, 0.3) is 11.3 Å². The summed E-state index contributed by atoms with van der Waals surface area (Å²) in [7, 11) is 1.77. The number of amides is 2. The van der Waals surface area contributed by atoms with Crippen molar-refractivity contribution in [3.63, 3.8) is 0 Å². The zero-order chi connectivity index (χ0) is 23.1. The predicted molar refractivity (Wildman–Crippen MR) is 125 cm³/mol. The smallest absolute Gasteiger partial charge is 0.251 e. The first-order valence-electron chi connectivity index (χ1n) is 11.0. The highest BCUT2D eigenvalue weighted by Crippen LogP contribution is 2.19. The van der Waals surface area contributed by atoms with Gasteiger partial charge >= 0.3 is 0 Å². The van der Waals surface area contributed by atoms with Gasteiger partial charge in [0.15, 0.2) is 0 Å². The number of benzene rings is 2. The van der Waals surface area contributed by atoms with E-state index in [2.05, 4.69) is 10.5 Å². The molecule has 0 saturated heterocycles. The summed E-state index contributed by atoms with van der Waals surface area (Å²) in [4.78, 5) is 27.3. The van der Waals surface area contributed by atoms with Gasteiger partial charge in [0.25, 0.3) is 5.91 Å². The highest BCUT2D eigenvalue weighted by atomic mass is 16.5. The van der Waals surface area contributed by atoms with Gasteiger partial charge in [-0.25, -0.2) is 0 Å². The zero-order valence-corrected chi connectivity index (χ0v) is 19.2. The highest BCUT2D eigenvalue weighted by molar-refractivity contribution is 5.97. The Morgan fingerprint density at radius 1 is 1.06 bits per heavy atom. The number of nitrogens with one attached hydrogen (secondary N) is 1. The fraction of sp³-hybridized carbons (Fsp3) is 0.346. The fourth-order valence-electron chi connectivity index (χ4n) is 3.46. The molecular weight excluding hydrogens is 402 g/mol. The fourth-order valence-corrected chi connectivity index (χ4v) is 3.46. The first kappa shape index (κ1) is 23.3. The van der Waals surface area contributed by atoms with E-state index in [9.17, 15) is 9.59 Å². The molecule has 0 bridgehead atoms. The molecule has 0 fully saturated rings. The number of hydrogen-bond donors (Lipinski definition) is 1. The molecule has 2 amide bonds. The van der Waals surface area contributed by atoms with Gasteiger partial charge in [-0.15, -0.1) is 0 Å². The lowest BCUT2D eigenvalue weighted by Gasteiger charge is -2.27.